The molecule has 1 amide bonds. The summed E-state index contributed by atoms with van der Waals surface area (Å²) in [5.41, 5.74) is 12.3. The van der Waals surface area contributed by atoms with E-state index in [9.17, 15) is 4.79 Å². The van der Waals surface area contributed by atoms with Gasteiger partial charge in [0.05, 0.1) is 10.9 Å². The lowest BCUT2D eigenvalue weighted by Gasteiger charge is -1.99. The van der Waals surface area contributed by atoms with Crippen molar-refractivity contribution in [2.75, 3.05) is 5.73 Å². The minimum atomic E-state index is -0.804. The first-order chi connectivity index (χ1) is 10.6. The summed E-state index contributed by atoms with van der Waals surface area (Å²) in [7, 11) is 0. The number of nitrogens with one attached hydrogen (secondary N) is 1. The molecule has 3 rings (SSSR count). The summed E-state index contributed by atoms with van der Waals surface area (Å²) in [4.78, 5) is 11.1. The maximum Gasteiger partial charge on any atom is 0.259 e. The smallest absolute Gasteiger partial charge is 0.259 e. The lowest BCUT2D eigenvalue weighted by atomic mass is 10.1. The fraction of sp³-hybridized carbons (Fsp3) is 0. The number of nitrogens with two attached hydrogens (primary N) is 2. The molecule has 0 spiro atoms. The summed E-state index contributed by atoms with van der Waals surface area (Å²) in [6.07, 6.45) is 1.30. The van der Waals surface area contributed by atoms with Crippen LogP contribution >= 0.6 is 0 Å². The van der Waals surface area contributed by atoms with Gasteiger partial charge in [0, 0.05) is 11.6 Å². The number of fused-ring (bicyclic) bond motifs is 1. The molecule has 5 N–H and O–H groups in total. The number of nitrogen functional groups attached to an aromatic ring is 1. The summed E-state index contributed by atoms with van der Waals surface area (Å²) >= 11 is 0. The van der Waals surface area contributed by atoms with Gasteiger partial charge in [-0.05, 0) is 18.2 Å². The molecule has 0 fully saturated rings. The first-order valence-corrected chi connectivity index (χ1v) is 6.34. The number of carbonyl (C=O) groups is 1. The molecule has 0 atom stereocenters. The zero-order valence-electron chi connectivity index (χ0n) is 11.3. The van der Waals surface area contributed by atoms with Gasteiger partial charge in [0.2, 0.25) is 0 Å². The third kappa shape index (κ3) is 2.19. The molecule has 0 aliphatic carbocycles. The Kier molecular flexibility index (Phi) is 3.12. The van der Waals surface area contributed by atoms with Crippen molar-refractivity contribution in [3.63, 3.8) is 0 Å². The Morgan fingerprint density at radius 3 is 2.91 bits per heavy atom. The number of benzene rings is 1. The van der Waals surface area contributed by atoms with E-state index in [1.165, 1.54) is 6.08 Å². The van der Waals surface area contributed by atoms with Crippen molar-refractivity contribution in [3.05, 3.63) is 41.7 Å². The van der Waals surface area contributed by atoms with Crippen molar-refractivity contribution in [1.82, 2.24) is 10.2 Å². The number of aromatic amines is 1. The van der Waals surface area contributed by atoms with Gasteiger partial charge in [-0.15, -0.1) is 0 Å². The maximum atomic E-state index is 11.1. The molecule has 0 saturated heterocycles. The topological polar surface area (TPSA) is 135 Å². The minimum absolute atomic E-state index is 0.179. The monoisotopic (exact) mass is 293 g/mol. The highest BCUT2D eigenvalue weighted by Gasteiger charge is 2.13. The number of anilines is 1. The summed E-state index contributed by atoms with van der Waals surface area (Å²) in [5.74, 6) is 0.465. The molecule has 7 heteroatoms. The zero-order chi connectivity index (χ0) is 15.7. The van der Waals surface area contributed by atoms with Crippen LogP contribution in [0, 0.1) is 11.3 Å². The molecule has 0 saturated carbocycles. The molecule has 108 valence electrons. The third-order valence-electron chi connectivity index (χ3n) is 3.18. The normalized spacial score (nSPS) is 11.5. The van der Waals surface area contributed by atoms with Crippen LogP contribution in [0.2, 0.25) is 0 Å². The molecule has 0 radical (unpaired) electrons. The van der Waals surface area contributed by atoms with Crippen molar-refractivity contribution in [3.8, 4) is 17.4 Å². The van der Waals surface area contributed by atoms with Crippen molar-refractivity contribution in [2.45, 2.75) is 0 Å². The number of H-pyrrole nitrogens is 1. The van der Waals surface area contributed by atoms with Crippen LogP contribution in [0.25, 0.3) is 28.3 Å². The Morgan fingerprint density at radius 1 is 1.36 bits per heavy atom. The maximum absolute atomic E-state index is 11.1. The second kappa shape index (κ2) is 5.10. The Bertz CT molecular complexity index is 942. The molecular formula is C15H11N5O2. The second-order valence-corrected chi connectivity index (χ2v) is 4.57. The number of aromatic nitrogens is 2. The van der Waals surface area contributed by atoms with E-state index in [0.717, 1.165) is 16.5 Å². The summed E-state index contributed by atoms with van der Waals surface area (Å²) < 4.78 is 5.65. The quantitative estimate of drug-likeness (QED) is 0.500. The predicted octanol–water partition coefficient (Wildman–Crippen LogP) is 1.80. The van der Waals surface area contributed by atoms with E-state index in [1.54, 1.807) is 18.2 Å². The van der Waals surface area contributed by atoms with E-state index in [0.29, 0.717) is 17.3 Å². The van der Waals surface area contributed by atoms with E-state index in [-0.39, 0.29) is 5.57 Å². The van der Waals surface area contributed by atoms with Crippen LogP contribution in [0.5, 0.6) is 0 Å². The van der Waals surface area contributed by atoms with Gasteiger partial charge in [-0.25, -0.2) is 0 Å². The molecule has 0 unspecified atom stereocenters. The number of amides is 1. The molecule has 0 aliphatic heterocycles. The van der Waals surface area contributed by atoms with Gasteiger partial charge in [0.25, 0.3) is 5.91 Å². The highest BCUT2D eigenvalue weighted by Crippen LogP contribution is 2.32. The van der Waals surface area contributed by atoms with Crippen LogP contribution in [0.15, 0.2) is 40.3 Å². The van der Waals surface area contributed by atoms with Crippen LogP contribution in [0.3, 0.4) is 0 Å². The fourth-order valence-corrected chi connectivity index (χ4v) is 2.18. The summed E-state index contributed by atoms with van der Waals surface area (Å²) in [5, 5.41) is 16.4. The van der Waals surface area contributed by atoms with Gasteiger partial charge in [-0.3, -0.25) is 9.89 Å². The van der Waals surface area contributed by atoms with Gasteiger partial charge in [0.15, 0.2) is 5.82 Å². The van der Waals surface area contributed by atoms with E-state index in [1.807, 2.05) is 18.2 Å². The molecule has 3 aromatic rings. The SMILES string of the molecule is N#C/C(=C\c1ccc(-c2cccc3[nH]nc(N)c23)o1)C(N)=O. The van der Waals surface area contributed by atoms with Crippen LogP contribution in [0.1, 0.15) is 5.76 Å². The number of hydrogen-bond acceptors (Lipinski definition) is 5. The van der Waals surface area contributed by atoms with Gasteiger partial charge >= 0.3 is 0 Å². The molecular weight excluding hydrogens is 282 g/mol. The second-order valence-electron chi connectivity index (χ2n) is 4.57. The van der Waals surface area contributed by atoms with E-state index >= 15 is 0 Å². The van der Waals surface area contributed by atoms with Crippen LogP contribution < -0.4 is 11.5 Å². The summed E-state index contributed by atoms with van der Waals surface area (Å²) in [6, 6.07) is 10.6. The van der Waals surface area contributed by atoms with E-state index in [2.05, 4.69) is 10.2 Å². The number of hydrogen-bond donors (Lipinski definition) is 3. The Morgan fingerprint density at radius 2 is 2.18 bits per heavy atom. The van der Waals surface area contributed by atoms with Crippen molar-refractivity contribution < 1.29 is 9.21 Å². The van der Waals surface area contributed by atoms with E-state index < -0.39 is 5.91 Å². The van der Waals surface area contributed by atoms with Gasteiger partial charge in [0.1, 0.15) is 23.2 Å². The highest BCUT2D eigenvalue weighted by atomic mass is 16.3. The van der Waals surface area contributed by atoms with Crippen LogP contribution in [0.4, 0.5) is 5.82 Å². The number of furan rings is 1. The molecule has 1 aromatic carbocycles. The lowest BCUT2D eigenvalue weighted by molar-refractivity contribution is -0.114. The Labute approximate surface area is 124 Å². The molecule has 2 heterocycles. The van der Waals surface area contributed by atoms with E-state index in [4.69, 9.17) is 21.1 Å². The zero-order valence-corrected chi connectivity index (χ0v) is 11.3. The molecule has 2 aromatic heterocycles. The number of nitriles is 1. The van der Waals surface area contributed by atoms with Gasteiger partial charge in [-0.2, -0.15) is 10.4 Å². The average molecular weight is 293 g/mol. The van der Waals surface area contributed by atoms with Gasteiger partial charge < -0.3 is 15.9 Å². The van der Waals surface area contributed by atoms with Crippen LogP contribution in [-0.4, -0.2) is 16.1 Å². The first-order valence-electron chi connectivity index (χ1n) is 6.34. The number of rotatable bonds is 3. The van der Waals surface area contributed by atoms with Crippen molar-refractivity contribution >= 4 is 28.7 Å². The van der Waals surface area contributed by atoms with Gasteiger partial charge in [-0.1, -0.05) is 12.1 Å². The average Bonchev–Trinajstić information content (AvgIpc) is 3.12. The third-order valence-corrected chi connectivity index (χ3v) is 3.18. The molecule has 22 heavy (non-hydrogen) atoms. The Hall–Kier alpha value is -3.53. The molecule has 0 bridgehead atoms. The molecule has 0 aliphatic rings. The molecule has 7 nitrogen and oxygen atoms in total. The number of nitrogens with zero attached hydrogens (tertiary/aromatic N) is 2. The fourth-order valence-electron chi connectivity index (χ4n) is 2.18. The number of carbonyl (C=O) groups excluding carboxylic acids is 1. The van der Waals surface area contributed by atoms with Crippen molar-refractivity contribution in [1.29, 1.82) is 5.26 Å². The standard InChI is InChI=1S/C15H11N5O2/c16-7-8(15(18)21)6-9-4-5-12(22-9)10-2-1-3-11-13(10)14(17)20-19-11/h1-6H,(H2,18,21)(H3,17,19,20)/b8-6+. The number of primary amides is 1. The van der Waals surface area contributed by atoms with Crippen LogP contribution in [-0.2, 0) is 4.79 Å². The minimum Gasteiger partial charge on any atom is -0.457 e. The first kappa shape index (κ1) is 13.5. The predicted molar refractivity (Wildman–Crippen MR) is 81.0 cm³/mol. The largest absolute Gasteiger partial charge is 0.457 e. The Balaban J connectivity index is 2.09. The lowest BCUT2D eigenvalue weighted by Crippen LogP contribution is -2.12. The highest BCUT2D eigenvalue weighted by molar-refractivity contribution is 6.01. The van der Waals surface area contributed by atoms with Crippen molar-refractivity contribution in [2.24, 2.45) is 5.73 Å². The summed E-state index contributed by atoms with van der Waals surface area (Å²) in [6.45, 7) is 0.